The number of nitrogens with zero attached hydrogens (tertiary/aromatic N) is 2. The van der Waals surface area contributed by atoms with E-state index in [9.17, 15) is 0 Å². The van der Waals surface area contributed by atoms with E-state index in [1.807, 2.05) is 24.3 Å². The highest BCUT2D eigenvalue weighted by Crippen LogP contribution is 2.18. The molecule has 0 aliphatic carbocycles. The topological polar surface area (TPSA) is 59.2 Å². The van der Waals surface area contributed by atoms with Crippen molar-refractivity contribution in [3.05, 3.63) is 46.0 Å². The average Bonchev–Trinajstić information content (AvgIpc) is 2.70. The summed E-state index contributed by atoms with van der Waals surface area (Å²) in [4.78, 5) is 4.18. The zero-order chi connectivity index (χ0) is 11.4. The number of benzene rings is 1. The van der Waals surface area contributed by atoms with Crippen LogP contribution in [0.1, 0.15) is 17.3 Å². The summed E-state index contributed by atoms with van der Waals surface area (Å²) in [6.45, 7) is 0.0245. The quantitative estimate of drug-likeness (QED) is 0.931. The number of hydrogen-bond donors (Lipinski definition) is 1. The van der Waals surface area contributed by atoms with E-state index >= 15 is 0 Å². The lowest BCUT2D eigenvalue weighted by Crippen LogP contribution is -1.94. The zero-order valence-corrected chi connectivity index (χ0v) is 10.1. The molecule has 0 saturated heterocycles. The van der Waals surface area contributed by atoms with Crippen LogP contribution in [0.25, 0.3) is 0 Å². The van der Waals surface area contributed by atoms with Crippen molar-refractivity contribution < 1.29 is 9.63 Å². The summed E-state index contributed by atoms with van der Waals surface area (Å²) in [5.41, 5.74) is 1.11. The molecule has 0 spiro atoms. The van der Waals surface area contributed by atoms with Crippen molar-refractivity contribution in [2.24, 2.45) is 0 Å². The Hall–Kier alpha value is -1.20. The maximum absolute atomic E-state index is 8.73. The Labute approximate surface area is 101 Å². The molecule has 2 rings (SSSR count). The Balaban J connectivity index is 2.11. The maximum atomic E-state index is 8.73. The zero-order valence-electron chi connectivity index (χ0n) is 8.56. The first kappa shape index (κ1) is 11.3. The monoisotopic (exact) mass is 282 g/mol. The summed E-state index contributed by atoms with van der Waals surface area (Å²) in [5, 5.41) is 12.6. The van der Waals surface area contributed by atoms with Crippen LogP contribution in [-0.2, 0) is 12.8 Å². The minimum absolute atomic E-state index is 0.0245. The number of halogens is 1. The second-order valence-corrected chi connectivity index (χ2v) is 4.20. The number of aliphatic hydroxyl groups excluding tert-OH is 1. The molecule has 0 atom stereocenters. The minimum atomic E-state index is 0.0245. The van der Waals surface area contributed by atoms with E-state index in [1.165, 1.54) is 0 Å². The van der Waals surface area contributed by atoms with E-state index in [-0.39, 0.29) is 6.61 Å². The normalized spacial score (nSPS) is 10.6. The Bertz CT molecular complexity index is 471. The summed E-state index contributed by atoms with van der Waals surface area (Å²) in [7, 11) is 0. The van der Waals surface area contributed by atoms with Gasteiger partial charge in [-0.1, -0.05) is 39.3 Å². The largest absolute Gasteiger partial charge is 0.396 e. The van der Waals surface area contributed by atoms with E-state index in [0.29, 0.717) is 24.6 Å². The number of hydrogen-bond acceptors (Lipinski definition) is 4. The lowest BCUT2D eigenvalue weighted by molar-refractivity contribution is 0.274. The van der Waals surface area contributed by atoms with E-state index in [0.717, 1.165) is 10.0 Å². The van der Waals surface area contributed by atoms with Crippen molar-refractivity contribution in [3.8, 4) is 0 Å². The Morgan fingerprint density at radius 2 is 2.12 bits per heavy atom. The molecule has 4 nitrogen and oxygen atoms in total. The molecule has 84 valence electrons. The van der Waals surface area contributed by atoms with Crippen LogP contribution in [0, 0.1) is 0 Å². The van der Waals surface area contributed by atoms with Crippen molar-refractivity contribution >= 4 is 15.9 Å². The van der Waals surface area contributed by atoms with Gasteiger partial charge >= 0.3 is 0 Å². The lowest BCUT2D eigenvalue weighted by atomic mass is 10.1. The average molecular weight is 283 g/mol. The van der Waals surface area contributed by atoms with Crippen LogP contribution in [0.5, 0.6) is 0 Å². The second-order valence-electron chi connectivity index (χ2n) is 3.35. The third-order valence-electron chi connectivity index (χ3n) is 2.14. The maximum Gasteiger partial charge on any atom is 0.228 e. The van der Waals surface area contributed by atoms with E-state index < -0.39 is 0 Å². The molecule has 0 aliphatic rings. The highest BCUT2D eigenvalue weighted by atomic mass is 79.9. The SMILES string of the molecule is OCCc1nc(Cc2ccccc2Br)no1. The van der Waals surface area contributed by atoms with Crippen LogP contribution in [0.4, 0.5) is 0 Å². The predicted molar refractivity (Wildman–Crippen MR) is 62.0 cm³/mol. The lowest BCUT2D eigenvalue weighted by Gasteiger charge is -1.99. The van der Waals surface area contributed by atoms with Gasteiger partial charge < -0.3 is 9.63 Å². The molecule has 2 aromatic rings. The molecule has 1 heterocycles. The highest BCUT2D eigenvalue weighted by molar-refractivity contribution is 9.10. The number of rotatable bonds is 4. The van der Waals surface area contributed by atoms with Gasteiger partial charge in [0.05, 0.1) is 13.0 Å². The highest BCUT2D eigenvalue weighted by Gasteiger charge is 2.08. The van der Waals surface area contributed by atoms with Crippen molar-refractivity contribution in [3.63, 3.8) is 0 Å². The number of aliphatic hydroxyl groups is 1. The van der Waals surface area contributed by atoms with Gasteiger partial charge in [0.1, 0.15) is 0 Å². The van der Waals surface area contributed by atoms with E-state index in [4.69, 9.17) is 9.63 Å². The molecule has 0 bridgehead atoms. The van der Waals surface area contributed by atoms with Gasteiger partial charge in [0, 0.05) is 10.9 Å². The molecule has 1 aromatic carbocycles. The first-order valence-corrected chi connectivity index (χ1v) is 5.74. The third-order valence-corrected chi connectivity index (χ3v) is 2.92. The fraction of sp³-hybridized carbons (Fsp3) is 0.273. The fourth-order valence-electron chi connectivity index (χ4n) is 1.37. The van der Waals surface area contributed by atoms with Crippen LogP contribution in [0.2, 0.25) is 0 Å². The van der Waals surface area contributed by atoms with Crippen LogP contribution in [0.15, 0.2) is 33.3 Å². The van der Waals surface area contributed by atoms with Crippen LogP contribution in [0.3, 0.4) is 0 Å². The molecule has 1 aromatic heterocycles. The Morgan fingerprint density at radius 3 is 2.88 bits per heavy atom. The minimum Gasteiger partial charge on any atom is -0.396 e. The molecule has 5 heteroatoms. The van der Waals surface area contributed by atoms with E-state index in [1.54, 1.807) is 0 Å². The molecule has 0 saturated carbocycles. The molecular formula is C11H11BrN2O2. The van der Waals surface area contributed by atoms with Gasteiger partial charge in [-0.25, -0.2) is 0 Å². The van der Waals surface area contributed by atoms with Gasteiger partial charge in [-0.3, -0.25) is 0 Å². The molecule has 0 unspecified atom stereocenters. The summed E-state index contributed by atoms with van der Waals surface area (Å²) >= 11 is 3.47. The third kappa shape index (κ3) is 2.68. The second kappa shape index (κ2) is 5.23. The molecule has 16 heavy (non-hydrogen) atoms. The van der Waals surface area contributed by atoms with Crippen molar-refractivity contribution in [2.75, 3.05) is 6.61 Å². The standard InChI is InChI=1S/C11H11BrN2O2/c12-9-4-2-1-3-8(9)7-10-13-11(5-6-15)16-14-10/h1-4,15H,5-7H2. The Kier molecular flexibility index (Phi) is 3.69. The van der Waals surface area contributed by atoms with E-state index in [2.05, 4.69) is 26.1 Å². The van der Waals surface area contributed by atoms with Crippen LogP contribution >= 0.6 is 15.9 Å². The van der Waals surface area contributed by atoms with Gasteiger partial charge in [-0.15, -0.1) is 0 Å². The predicted octanol–water partition coefficient (Wildman–Crippen LogP) is 1.96. The molecule has 0 fully saturated rings. The molecule has 0 amide bonds. The van der Waals surface area contributed by atoms with Gasteiger partial charge in [0.25, 0.3) is 0 Å². The summed E-state index contributed by atoms with van der Waals surface area (Å²) < 4.78 is 6.01. The molecule has 1 N–H and O–H groups in total. The van der Waals surface area contributed by atoms with Crippen LogP contribution in [-0.4, -0.2) is 21.9 Å². The molecule has 0 radical (unpaired) electrons. The van der Waals surface area contributed by atoms with Crippen molar-refractivity contribution in [1.29, 1.82) is 0 Å². The Morgan fingerprint density at radius 1 is 1.31 bits per heavy atom. The molecular weight excluding hydrogens is 272 g/mol. The van der Waals surface area contributed by atoms with Gasteiger partial charge in [0.15, 0.2) is 5.82 Å². The smallest absolute Gasteiger partial charge is 0.228 e. The first-order valence-electron chi connectivity index (χ1n) is 4.95. The summed E-state index contributed by atoms with van der Waals surface area (Å²) in [6, 6.07) is 7.91. The summed E-state index contributed by atoms with van der Waals surface area (Å²) in [5.74, 6) is 1.11. The molecule has 0 aliphatic heterocycles. The van der Waals surface area contributed by atoms with Crippen molar-refractivity contribution in [1.82, 2.24) is 10.1 Å². The summed E-state index contributed by atoms with van der Waals surface area (Å²) in [6.07, 6.45) is 1.03. The van der Waals surface area contributed by atoms with Gasteiger partial charge in [-0.05, 0) is 11.6 Å². The first-order chi connectivity index (χ1) is 7.79. The number of aromatic nitrogens is 2. The fourth-order valence-corrected chi connectivity index (χ4v) is 1.80. The van der Waals surface area contributed by atoms with Crippen LogP contribution < -0.4 is 0 Å². The van der Waals surface area contributed by atoms with Crippen molar-refractivity contribution in [2.45, 2.75) is 12.8 Å². The van der Waals surface area contributed by atoms with Gasteiger partial charge in [0.2, 0.25) is 5.89 Å². The van der Waals surface area contributed by atoms with Gasteiger partial charge in [-0.2, -0.15) is 4.98 Å².